The van der Waals surface area contributed by atoms with Crippen molar-refractivity contribution in [2.45, 2.75) is 0 Å². The molecule has 14 aromatic carbocycles. The number of hydrogen-bond donors (Lipinski definition) is 0. The third kappa shape index (κ3) is 10.0. The van der Waals surface area contributed by atoms with Crippen molar-refractivity contribution in [3.05, 3.63) is 376 Å². The normalized spacial score (nSPS) is 11.6. The molecule has 0 saturated carbocycles. The lowest BCUT2D eigenvalue weighted by atomic mass is 9.98. The molecule has 0 unspecified atom stereocenters. The maximum Gasteiger partial charge on any atom is 0.137 e. The maximum absolute atomic E-state index is 5.15. The zero-order valence-corrected chi connectivity index (χ0v) is 54.5. The summed E-state index contributed by atoms with van der Waals surface area (Å²) in [6.07, 6.45) is 1.86. The largest absolute Gasteiger partial charge is 0.309 e. The molecule has 0 bridgehead atoms. The van der Waals surface area contributed by atoms with E-state index in [4.69, 9.17) is 9.97 Å². The summed E-state index contributed by atoms with van der Waals surface area (Å²) in [5, 5.41) is 9.88. The van der Waals surface area contributed by atoms with E-state index in [1.54, 1.807) is 0 Å². The molecule has 0 fully saturated rings. The number of fused-ring (bicyclic) bond motifs is 12. The van der Waals surface area contributed by atoms with Gasteiger partial charge in [0, 0.05) is 71.8 Å². The Morgan fingerprint density at radius 3 is 0.850 bits per heavy atom. The van der Waals surface area contributed by atoms with Gasteiger partial charge in [0.25, 0.3) is 0 Å². The van der Waals surface area contributed by atoms with Crippen LogP contribution in [0.5, 0.6) is 0 Å². The fourth-order valence-corrected chi connectivity index (χ4v) is 15.2. The lowest BCUT2D eigenvalue weighted by Gasteiger charge is -2.14. The first kappa shape index (κ1) is 58.0. The van der Waals surface area contributed by atoms with Crippen LogP contribution in [-0.4, -0.2) is 28.2 Å². The van der Waals surface area contributed by atoms with E-state index in [1.165, 1.54) is 126 Å². The molecule has 6 heterocycles. The maximum atomic E-state index is 5.15. The monoisotopic (exact) mass is 1270 g/mol. The predicted molar refractivity (Wildman–Crippen MR) is 418 cm³/mol. The van der Waals surface area contributed by atoms with Gasteiger partial charge in [0.2, 0.25) is 0 Å². The van der Waals surface area contributed by atoms with E-state index in [2.05, 4.69) is 376 Å². The van der Waals surface area contributed by atoms with Crippen molar-refractivity contribution < 1.29 is 0 Å². The van der Waals surface area contributed by atoms with Crippen molar-refractivity contribution in [3.8, 4) is 89.9 Å². The highest BCUT2D eigenvalue weighted by Crippen LogP contribution is 2.43. The molecule has 6 aromatic heterocycles. The van der Waals surface area contributed by atoms with Crippen molar-refractivity contribution in [1.82, 2.24) is 28.2 Å². The van der Waals surface area contributed by atoms with Gasteiger partial charge in [-0.3, -0.25) is 4.57 Å². The van der Waals surface area contributed by atoms with Crippen molar-refractivity contribution in [3.63, 3.8) is 0 Å². The third-order valence-electron chi connectivity index (χ3n) is 19.8. The minimum absolute atomic E-state index is 0.924. The summed E-state index contributed by atoms with van der Waals surface area (Å²) in [5.41, 5.74) is 26.5. The van der Waals surface area contributed by atoms with Gasteiger partial charge in [-0.15, -0.1) is 0 Å². The van der Waals surface area contributed by atoms with Crippen LogP contribution in [0.25, 0.3) is 177 Å². The molecule has 0 amide bonds. The van der Waals surface area contributed by atoms with Gasteiger partial charge in [0.05, 0.1) is 61.2 Å². The lowest BCUT2D eigenvalue weighted by Crippen LogP contribution is -1.98. The van der Waals surface area contributed by atoms with Gasteiger partial charge in [-0.2, -0.15) is 0 Å². The molecular weight excluding hydrogens is 1210 g/mol. The summed E-state index contributed by atoms with van der Waals surface area (Å²) in [6, 6.07) is 133. The minimum Gasteiger partial charge on any atom is -0.309 e. The number of aromatic nitrogens is 6. The zero-order valence-electron chi connectivity index (χ0n) is 54.5. The molecule has 468 valence electrons. The van der Waals surface area contributed by atoms with Crippen LogP contribution in [0.2, 0.25) is 0 Å². The Bertz CT molecular complexity index is 5970. The van der Waals surface area contributed by atoms with Gasteiger partial charge in [-0.05, 0) is 172 Å². The van der Waals surface area contributed by atoms with Gasteiger partial charge < -0.3 is 13.7 Å². The second-order valence-electron chi connectivity index (χ2n) is 25.7. The van der Waals surface area contributed by atoms with E-state index in [1.807, 2.05) is 18.3 Å². The quantitative estimate of drug-likeness (QED) is 0.137. The Morgan fingerprint density at radius 1 is 0.170 bits per heavy atom. The fraction of sp³-hybridized carbons (Fsp3) is 0. The molecule has 0 N–H and O–H groups in total. The molecule has 20 aromatic rings. The highest BCUT2D eigenvalue weighted by atomic mass is 15.1. The second-order valence-corrected chi connectivity index (χ2v) is 25.7. The van der Waals surface area contributed by atoms with Crippen LogP contribution >= 0.6 is 0 Å². The van der Waals surface area contributed by atoms with Gasteiger partial charge in [-0.25, -0.2) is 9.97 Å². The van der Waals surface area contributed by atoms with E-state index in [0.717, 1.165) is 50.7 Å². The van der Waals surface area contributed by atoms with Crippen LogP contribution in [0.4, 0.5) is 0 Å². The van der Waals surface area contributed by atoms with E-state index in [-0.39, 0.29) is 0 Å². The van der Waals surface area contributed by atoms with Gasteiger partial charge in [0.15, 0.2) is 0 Å². The molecule has 0 aliphatic carbocycles. The minimum atomic E-state index is 0.924. The molecule has 0 saturated heterocycles. The van der Waals surface area contributed by atoms with E-state index in [0.29, 0.717) is 0 Å². The number of rotatable bonds is 10. The summed E-state index contributed by atoms with van der Waals surface area (Å²) in [7, 11) is 0. The number of hydrogen-bond acceptors (Lipinski definition) is 2. The predicted octanol–water partition coefficient (Wildman–Crippen LogP) is 24.6. The topological polar surface area (TPSA) is 45.5 Å². The van der Waals surface area contributed by atoms with Crippen LogP contribution in [0.1, 0.15) is 0 Å². The molecule has 6 heteroatoms. The first-order chi connectivity index (χ1) is 49.6. The smallest absolute Gasteiger partial charge is 0.137 e. The standard InChI is InChI=1S/2C47H31N3/c1-4-14-32(15-5-1)42-30-37(31-43(48-42)33-16-6-2-7-17-33)50-45-23-13-11-21-39(45)41-29-35(25-27-47(41)50)34-24-26-46-40(28-34)38-20-10-12-22-44(38)49(46)36-18-8-3-9-19-36;1-3-13-32(14-4-1)36-27-37(33-15-5-2-6-16-33)29-38(28-36)49-43-19-9-7-17-39(43)41-30-34(22-24-45(41)49)35-23-25-46-42(31-35)40-18-8-10-20-44(40)50(46)47-21-11-12-26-48-47/h2*1-31H. The molecule has 0 aliphatic rings. The van der Waals surface area contributed by atoms with Crippen molar-refractivity contribution in [1.29, 1.82) is 0 Å². The first-order valence-electron chi connectivity index (χ1n) is 34.1. The summed E-state index contributed by atoms with van der Waals surface area (Å²) < 4.78 is 9.45. The highest BCUT2D eigenvalue weighted by molar-refractivity contribution is 6.15. The molecule has 0 aliphatic heterocycles. The van der Waals surface area contributed by atoms with E-state index >= 15 is 0 Å². The molecule has 100 heavy (non-hydrogen) atoms. The Morgan fingerprint density at radius 2 is 0.470 bits per heavy atom. The molecule has 0 atom stereocenters. The second kappa shape index (κ2) is 24.3. The van der Waals surface area contributed by atoms with Crippen molar-refractivity contribution >= 4 is 87.2 Å². The van der Waals surface area contributed by atoms with E-state index in [9.17, 15) is 0 Å². The number of para-hydroxylation sites is 5. The zero-order chi connectivity index (χ0) is 66.0. The van der Waals surface area contributed by atoms with Crippen LogP contribution in [0.15, 0.2) is 376 Å². The van der Waals surface area contributed by atoms with Crippen molar-refractivity contribution in [2.75, 3.05) is 0 Å². The number of pyridine rings is 2. The molecule has 6 nitrogen and oxygen atoms in total. The fourth-order valence-electron chi connectivity index (χ4n) is 15.2. The molecule has 20 rings (SSSR count). The Labute approximate surface area is 578 Å². The number of nitrogens with zero attached hydrogens (tertiary/aromatic N) is 6. The lowest BCUT2D eigenvalue weighted by molar-refractivity contribution is 1.08. The van der Waals surface area contributed by atoms with Crippen molar-refractivity contribution in [2.24, 2.45) is 0 Å². The SMILES string of the molecule is c1ccc(-c2cc(-c3ccccc3)cc(-n3c4ccccc4c4cc(-c5ccc6c(c5)c5ccccc5n6-c5ccccn5)ccc43)c2)cc1.c1ccc(-c2cc(-n3c4ccccc4c4cc(-c5ccc6c(c5)c5ccccc5n6-c5ccccc5)ccc43)cc(-c3ccccc3)n2)cc1. The van der Waals surface area contributed by atoms with Gasteiger partial charge >= 0.3 is 0 Å². The highest BCUT2D eigenvalue weighted by Gasteiger charge is 2.21. The summed E-state index contributed by atoms with van der Waals surface area (Å²) in [6.45, 7) is 0. The van der Waals surface area contributed by atoms with Crippen LogP contribution in [0.3, 0.4) is 0 Å². The van der Waals surface area contributed by atoms with Gasteiger partial charge in [0.1, 0.15) is 5.82 Å². The number of benzene rings is 14. The van der Waals surface area contributed by atoms with Crippen LogP contribution < -0.4 is 0 Å². The third-order valence-corrected chi connectivity index (χ3v) is 19.8. The Balaban J connectivity index is 0.000000139. The Hall–Kier alpha value is -13.4. The molecule has 0 radical (unpaired) electrons. The summed E-state index contributed by atoms with van der Waals surface area (Å²) in [4.78, 5) is 9.85. The molecule has 0 spiro atoms. The average Bonchev–Trinajstić information content (AvgIpc) is 1.56. The summed E-state index contributed by atoms with van der Waals surface area (Å²) in [5.74, 6) is 0.924. The van der Waals surface area contributed by atoms with Crippen LogP contribution in [0, 0.1) is 0 Å². The molecular formula is C94H62N6. The summed E-state index contributed by atoms with van der Waals surface area (Å²) >= 11 is 0. The van der Waals surface area contributed by atoms with Gasteiger partial charge in [-0.1, -0.05) is 243 Å². The average molecular weight is 1280 g/mol. The Kier molecular flexibility index (Phi) is 14.1. The first-order valence-corrected chi connectivity index (χ1v) is 34.1. The van der Waals surface area contributed by atoms with Crippen LogP contribution in [-0.2, 0) is 0 Å². The van der Waals surface area contributed by atoms with E-state index < -0.39 is 0 Å².